The zero-order chi connectivity index (χ0) is 16.3. The number of benzene rings is 1. The van der Waals surface area contributed by atoms with Crippen molar-refractivity contribution < 1.29 is 9.66 Å². The standard InChI is InChI=1S/C14H15Cl2N3O3/c1-3-18(4-2)13(16)11(15)12(19(20)21)14-17-9-7-5-6-8-10(9)22-14/h5-8,17H,3-4H2,1-2H3/b13-11+,14-12-. The molecule has 1 heterocycles. The van der Waals surface area contributed by atoms with Crippen molar-refractivity contribution >= 4 is 28.9 Å². The fourth-order valence-corrected chi connectivity index (χ4v) is 2.63. The molecular weight excluding hydrogens is 329 g/mol. The Morgan fingerprint density at radius 2 is 1.95 bits per heavy atom. The van der Waals surface area contributed by atoms with Gasteiger partial charge in [0.2, 0.25) is 0 Å². The molecule has 0 radical (unpaired) electrons. The molecule has 1 aliphatic heterocycles. The van der Waals surface area contributed by atoms with E-state index in [0.29, 0.717) is 24.5 Å². The summed E-state index contributed by atoms with van der Waals surface area (Å²) in [5, 5.41) is 14.2. The highest BCUT2D eigenvalue weighted by atomic mass is 35.5. The van der Waals surface area contributed by atoms with Gasteiger partial charge in [-0.25, -0.2) is 0 Å². The van der Waals surface area contributed by atoms with E-state index in [0.717, 1.165) is 0 Å². The molecule has 0 aromatic heterocycles. The molecule has 1 aromatic carbocycles. The molecule has 2 rings (SSSR count). The van der Waals surface area contributed by atoms with Crippen LogP contribution in [0.1, 0.15) is 13.8 Å². The molecular formula is C14H15Cl2N3O3. The highest BCUT2D eigenvalue weighted by Gasteiger charge is 2.32. The fourth-order valence-electron chi connectivity index (χ4n) is 2.02. The highest BCUT2D eigenvalue weighted by molar-refractivity contribution is 6.40. The van der Waals surface area contributed by atoms with Crippen molar-refractivity contribution in [3.8, 4) is 5.75 Å². The van der Waals surface area contributed by atoms with Crippen LogP contribution in [0.4, 0.5) is 5.69 Å². The molecule has 0 saturated heterocycles. The van der Waals surface area contributed by atoms with Crippen LogP contribution < -0.4 is 10.1 Å². The maximum Gasteiger partial charge on any atom is 0.350 e. The van der Waals surface area contributed by atoms with E-state index in [4.69, 9.17) is 27.9 Å². The first-order valence-electron chi connectivity index (χ1n) is 6.72. The first-order valence-corrected chi connectivity index (χ1v) is 7.48. The SMILES string of the molecule is CCN(CC)/C(Cl)=C(Cl)\C(=C1/Nc2ccccc2O1)[N+](=O)[O-]. The van der Waals surface area contributed by atoms with Gasteiger partial charge >= 0.3 is 5.70 Å². The van der Waals surface area contributed by atoms with Crippen LogP contribution in [-0.2, 0) is 0 Å². The van der Waals surface area contributed by atoms with E-state index in [2.05, 4.69) is 5.32 Å². The van der Waals surface area contributed by atoms with E-state index in [-0.39, 0.29) is 16.1 Å². The quantitative estimate of drug-likeness (QED) is 0.498. The van der Waals surface area contributed by atoms with Crippen LogP contribution in [-0.4, -0.2) is 22.9 Å². The number of para-hydroxylation sites is 2. The second-order valence-corrected chi connectivity index (χ2v) is 5.17. The fraction of sp³-hybridized carbons (Fsp3) is 0.286. The Bertz CT molecular complexity index is 627. The molecule has 0 fully saturated rings. The largest absolute Gasteiger partial charge is 0.433 e. The maximum atomic E-state index is 11.4. The molecule has 0 bridgehead atoms. The molecule has 118 valence electrons. The average Bonchev–Trinajstić information content (AvgIpc) is 2.91. The molecule has 0 atom stereocenters. The lowest BCUT2D eigenvalue weighted by Crippen LogP contribution is -2.22. The third kappa shape index (κ3) is 3.13. The second kappa shape index (κ2) is 6.89. The number of fused-ring (bicyclic) bond motifs is 1. The Morgan fingerprint density at radius 1 is 1.32 bits per heavy atom. The summed E-state index contributed by atoms with van der Waals surface area (Å²) in [6.45, 7) is 4.94. The number of halogens is 2. The molecule has 22 heavy (non-hydrogen) atoms. The smallest absolute Gasteiger partial charge is 0.350 e. The molecule has 6 nitrogen and oxygen atoms in total. The lowest BCUT2D eigenvalue weighted by molar-refractivity contribution is -0.422. The van der Waals surface area contributed by atoms with E-state index in [1.807, 2.05) is 13.8 Å². The number of anilines is 1. The minimum atomic E-state index is -0.609. The molecule has 8 heteroatoms. The predicted molar refractivity (Wildman–Crippen MR) is 86.4 cm³/mol. The number of nitrogens with one attached hydrogen (secondary N) is 1. The molecule has 1 aromatic rings. The summed E-state index contributed by atoms with van der Waals surface area (Å²) in [7, 11) is 0. The summed E-state index contributed by atoms with van der Waals surface area (Å²) in [5.41, 5.74) is 0.245. The van der Waals surface area contributed by atoms with Crippen LogP contribution in [0, 0.1) is 10.1 Å². The van der Waals surface area contributed by atoms with Gasteiger partial charge in [0.25, 0.3) is 5.88 Å². The summed E-state index contributed by atoms with van der Waals surface area (Å²) in [6.07, 6.45) is 0. The van der Waals surface area contributed by atoms with Crippen LogP contribution in [0.5, 0.6) is 5.75 Å². The van der Waals surface area contributed by atoms with E-state index in [1.54, 1.807) is 29.2 Å². The Labute approximate surface area is 138 Å². The lowest BCUT2D eigenvalue weighted by atomic mass is 10.3. The van der Waals surface area contributed by atoms with E-state index < -0.39 is 10.6 Å². The highest BCUT2D eigenvalue weighted by Crippen LogP contribution is 2.37. The number of allylic oxidation sites excluding steroid dienone is 1. The van der Waals surface area contributed by atoms with E-state index in [9.17, 15) is 10.1 Å². The van der Waals surface area contributed by atoms with Crippen molar-refractivity contribution in [2.75, 3.05) is 18.4 Å². The summed E-state index contributed by atoms with van der Waals surface area (Å²) < 4.78 is 5.48. The summed E-state index contributed by atoms with van der Waals surface area (Å²) >= 11 is 12.3. The van der Waals surface area contributed by atoms with Crippen LogP contribution >= 0.6 is 23.2 Å². The van der Waals surface area contributed by atoms with Crippen molar-refractivity contribution in [1.29, 1.82) is 0 Å². The molecule has 0 unspecified atom stereocenters. The van der Waals surface area contributed by atoms with Crippen LogP contribution in [0.2, 0.25) is 0 Å². The number of nitrogens with zero attached hydrogens (tertiary/aromatic N) is 2. The van der Waals surface area contributed by atoms with E-state index >= 15 is 0 Å². The molecule has 1 N–H and O–H groups in total. The topological polar surface area (TPSA) is 67.6 Å². The van der Waals surface area contributed by atoms with Crippen molar-refractivity contribution in [3.63, 3.8) is 0 Å². The maximum absolute atomic E-state index is 11.4. The van der Waals surface area contributed by atoms with Gasteiger partial charge in [-0.3, -0.25) is 10.1 Å². The molecule has 0 aliphatic carbocycles. The zero-order valence-corrected chi connectivity index (χ0v) is 13.6. The normalized spacial score (nSPS) is 16.2. The van der Waals surface area contributed by atoms with Crippen LogP contribution in [0.15, 0.2) is 46.0 Å². The number of hydrogen-bond donors (Lipinski definition) is 1. The second-order valence-electron chi connectivity index (χ2n) is 4.44. The van der Waals surface area contributed by atoms with Crippen molar-refractivity contribution in [2.24, 2.45) is 0 Å². The van der Waals surface area contributed by atoms with Crippen molar-refractivity contribution in [1.82, 2.24) is 4.90 Å². The Kier molecular flexibility index (Phi) is 5.15. The Hall–Kier alpha value is -1.92. The van der Waals surface area contributed by atoms with Gasteiger partial charge in [-0.05, 0) is 26.0 Å². The average molecular weight is 344 g/mol. The van der Waals surface area contributed by atoms with Crippen molar-refractivity contribution in [3.05, 3.63) is 56.1 Å². The Balaban J connectivity index is 2.47. The number of rotatable bonds is 5. The minimum Gasteiger partial charge on any atom is -0.433 e. The summed E-state index contributed by atoms with van der Waals surface area (Å²) in [6, 6.07) is 7.03. The van der Waals surface area contributed by atoms with Crippen LogP contribution in [0.25, 0.3) is 0 Å². The lowest BCUT2D eigenvalue weighted by Gasteiger charge is -2.20. The first kappa shape index (κ1) is 16.5. The zero-order valence-electron chi connectivity index (χ0n) is 12.1. The van der Waals surface area contributed by atoms with Gasteiger partial charge in [0.1, 0.15) is 5.16 Å². The number of nitro groups is 1. The van der Waals surface area contributed by atoms with Crippen molar-refractivity contribution in [2.45, 2.75) is 13.8 Å². The van der Waals surface area contributed by atoms with Gasteiger partial charge in [0.05, 0.1) is 10.6 Å². The van der Waals surface area contributed by atoms with Gasteiger partial charge in [0, 0.05) is 13.1 Å². The molecule has 0 amide bonds. The van der Waals surface area contributed by atoms with Gasteiger partial charge in [-0.15, -0.1) is 0 Å². The first-order chi connectivity index (χ1) is 10.5. The summed E-state index contributed by atoms with van der Waals surface area (Å²) in [5.74, 6) is 0.460. The molecule has 1 aliphatic rings. The van der Waals surface area contributed by atoms with Gasteiger partial charge < -0.3 is 15.0 Å². The van der Waals surface area contributed by atoms with Crippen LogP contribution in [0.3, 0.4) is 0 Å². The Morgan fingerprint density at radius 3 is 2.50 bits per heavy atom. The third-order valence-corrected chi connectivity index (χ3v) is 4.06. The number of ether oxygens (including phenoxy) is 1. The van der Waals surface area contributed by atoms with Gasteiger partial charge in [-0.2, -0.15) is 0 Å². The monoisotopic (exact) mass is 343 g/mol. The van der Waals surface area contributed by atoms with Gasteiger partial charge in [0.15, 0.2) is 10.8 Å². The summed E-state index contributed by atoms with van der Waals surface area (Å²) in [4.78, 5) is 12.5. The van der Waals surface area contributed by atoms with Gasteiger partial charge in [-0.1, -0.05) is 35.3 Å². The molecule has 0 saturated carbocycles. The predicted octanol–water partition coefficient (Wildman–Crippen LogP) is 3.93. The van der Waals surface area contributed by atoms with E-state index in [1.165, 1.54) is 0 Å². The number of hydrogen-bond acceptors (Lipinski definition) is 5. The molecule has 0 spiro atoms. The minimum absolute atomic E-state index is 0.0403. The third-order valence-electron chi connectivity index (χ3n) is 3.18.